The molecule has 0 saturated heterocycles. The first-order chi connectivity index (χ1) is 8.15. The van der Waals surface area contributed by atoms with Crippen molar-refractivity contribution >= 4 is 7.32 Å². The van der Waals surface area contributed by atoms with Gasteiger partial charge in [-0.25, -0.2) is 0 Å². The molecule has 0 atom stereocenters. The largest absolute Gasteiger partial charge is 3.00 e. The Hall–Kier alpha value is 1.10. The van der Waals surface area contributed by atoms with Crippen molar-refractivity contribution in [1.82, 2.24) is 0 Å². The second-order valence-electron chi connectivity index (χ2n) is 4.19. The van der Waals surface area contributed by atoms with E-state index in [-0.39, 0.29) is 35.6 Å². The van der Waals surface area contributed by atoms with E-state index in [0.717, 1.165) is 6.42 Å². The molecule has 0 unspecified atom stereocenters. The summed E-state index contributed by atoms with van der Waals surface area (Å²) in [6.07, 6.45) is 13.3. The van der Waals surface area contributed by atoms with Crippen LogP contribution in [0, 0.1) is 35.6 Å². The van der Waals surface area contributed by atoms with E-state index in [2.05, 4.69) is 6.92 Å². The third kappa shape index (κ3) is 36.0. The number of aliphatic hydroxyl groups excluding tert-OH is 1. The minimum atomic E-state index is -2.92. The van der Waals surface area contributed by atoms with Gasteiger partial charge < -0.3 is 20.2 Å². The number of hydrogen-bond donors (Lipinski definition) is 1. The van der Waals surface area contributed by atoms with Crippen molar-refractivity contribution in [3.05, 3.63) is 0 Å². The second kappa shape index (κ2) is 23.2. The van der Waals surface area contributed by atoms with Gasteiger partial charge in [-0.2, -0.15) is 0 Å². The Morgan fingerprint density at radius 2 is 1.00 bits per heavy atom. The van der Waals surface area contributed by atoms with Crippen LogP contribution >= 0.6 is 0 Å². The van der Waals surface area contributed by atoms with E-state index in [0.29, 0.717) is 6.61 Å². The fourth-order valence-corrected chi connectivity index (χ4v) is 1.60. The van der Waals surface area contributed by atoms with Crippen LogP contribution in [0.25, 0.3) is 0 Å². The molecule has 0 radical (unpaired) electrons. The van der Waals surface area contributed by atoms with Gasteiger partial charge >= 0.3 is 35.6 Å². The van der Waals surface area contributed by atoms with Gasteiger partial charge in [-0.1, -0.05) is 64.7 Å². The smallest absolute Gasteiger partial charge is 0.907 e. The van der Waals surface area contributed by atoms with E-state index in [1.54, 1.807) is 0 Å². The summed E-state index contributed by atoms with van der Waals surface area (Å²) in [6, 6.07) is 0. The second-order valence-corrected chi connectivity index (χ2v) is 4.19. The maximum Gasteiger partial charge on any atom is 3.00 e. The molecular weight excluding hydrogens is 358 g/mol. The molecule has 0 bridgehead atoms. The number of unbranched alkanes of at least 4 members (excludes halogenated alkanes) is 9. The molecule has 104 valence electrons. The molecule has 0 spiro atoms. The Labute approximate surface area is 140 Å². The van der Waals surface area contributed by atoms with Crippen LogP contribution in [0.2, 0.25) is 0 Å². The molecule has 0 rings (SSSR count). The van der Waals surface area contributed by atoms with Crippen molar-refractivity contribution in [3.63, 3.8) is 0 Å². The zero-order valence-corrected chi connectivity index (χ0v) is 15.2. The Balaban J connectivity index is -0.000000392. The molecule has 0 heterocycles. The van der Waals surface area contributed by atoms with Gasteiger partial charge in [0.1, 0.15) is 0 Å². The molecule has 0 amide bonds. The predicted octanol–water partition coefficient (Wildman–Crippen LogP) is -0.0482. The zero-order chi connectivity index (χ0) is 13.4. The first-order valence-corrected chi connectivity index (χ1v) is 6.73. The Bertz CT molecular complexity index is 116. The van der Waals surface area contributed by atoms with Gasteiger partial charge in [0.25, 0.3) is 0 Å². The first kappa shape index (κ1) is 24.1. The van der Waals surface area contributed by atoms with Crippen molar-refractivity contribution in [2.75, 3.05) is 6.61 Å². The van der Waals surface area contributed by atoms with E-state index in [4.69, 9.17) is 20.2 Å². The molecule has 18 heavy (non-hydrogen) atoms. The molecule has 6 heteroatoms. The van der Waals surface area contributed by atoms with Gasteiger partial charge in [0.05, 0.1) is 0 Å². The van der Waals surface area contributed by atoms with Crippen molar-refractivity contribution in [2.24, 2.45) is 0 Å². The Morgan fingerprint density at radius 3 is 1.28 bits per heavy atom. The average Bonchev–Trinajstić information content (AvgIpc) is 2.26. The maximum atomic E-state index is 8.57. The summed E-state index contributed by atoms with van der Waals surface area (Å²) in [5, 5.41) is 33.8. The summed E-state index contributed by atoms with van der Waals surface area (Å²) in [4.78, 5) is 0. The average molecular weight is 384 g/mol. The van der Waals surface area contributed by atoms with E-state index >= 15 is 0 Å². The van der Waals surface area contributed by atoms with Crippen molar-refractivity contribution in [2.45, 2.75) is 71.1 Å². The van der Waals surface area contributed by atoms with Crippen LogP contribution in [0.15, 0.2) is 0 Å². The number of hydrogen-bond acceptors (Lipinski definition) is 4. The fourth-order valence-electron chi connectivity index (χ4n) is 1.60. The van der Waals surface area contributed by atoms with Gasteiger partial charge in [-0.3, -0.25) is 7.32 Å². The molecule has 4 nitrogen and oxygen atoms in total. The fraction of sp³-hybridized carbons (Fsp3) is 1.00. The van der Waals surface area contributed by atoms with Gasteiger partial charge in [-0.15, -0.1) is 0 Å². The molecule has 0 fully saturated rings. The monoisotopic (exact) mass is 384 g/mol. The van der Waals surface area contributed by atoms with E-state index < -0.39 is 7.32 Å². The maximum absolute atomic E-state index is 8.57. The van der Waals surface area contributed by atoms with Crippen LogP contribution in [0.4, 0.5) is 0 Å². The van der Waals surface area contributed by atoms with E-state index in [9.17, 15) is 0 Å². The molecule has 0 aromatic heterocycles. The third-order valence-corrected chi connectivity index (χ3v) is 2.51. The standard InChI is InChI=1S/C12H26O.BO3.La/c1-2-3-4-5-6-7-8-9-10-11-12-13;2-1(3)4;/h13H,2-12H2,1H3;;/q;-3;+3. The van der Waals surface area contributed by atoms with E-state index in [1.165, 1.54) is 57.8 Å². The molecule has 0 aromatic rings. The summed E-state index contributed by atoms with van der Waals surface area (Å²) in [7, 11) is -2.92. The SMILES string of the molecule is CCCCCCCCCCCCO.[La+3].[O-]B([O-])[O-]. The first-order valence-electron chi connectivity index (χ1n) is 6.73. The Morgan fingerprint density at radius 1 is 0.722 bits per heavy atom. The molecule has 0 aliphatic rings. The molecule has 0 aromatic carbocycles. The summed E-state index contributed by atoms with van der Waals surface area (Å²) < 4.78 is 0. The van der Waals surface area contributed by atoms with Gasteiger partial charge in [0.2, 0.25) is 0 Å². The number of aliphatic hydroxyl groups is 1. The van der Waals surface area contributed by atoms with Gasteiger partial charge in [0, 0.05) is 6.61 Å². The van der Waals surface area contributed by atoms with Crippen LogP contribution < -0.4 is 15.1 Å². The van der Waals surface area contributed by atoms with Crippen molar-refractivity contribution in [3.8, 4) is 0 Å². The molecule has 0 aliphatic heterocycles. The summed E-state index contributed by atoms with van der Waals surface area (Å²) in [5.74, 6) is 0. The molecular formula is C12H26BLaO4. The summed E-state index contributed by atoms with van der Waals surface area (Å²) in [5.41, 5.74) is 0. The minimum absolute atomic E-state index is 0. The van der Waals surface area contributed by atoms with Crippen molar-refractivity contribution < 1.29 is 55.8 Å². The Kier molecular flexibility index (Phi) is 31.1. The third-order valence-electron chi connectivity index (χ3n) is 2.51. The summed E-state index contributed by atoms with van der Waals surface area (Å²) >= 11 is 0. The van der Waals surface area contributed by atoms with Crippen LogP contribution in [-0.4, -0.2) is 19.0 Å². The quantitative estimate of drug-likeness (QED) is 0.423. The minimum Gasteiger partial charge on any atom is -0.907 e. The van der Waals surface area contributed by atoms with Crippen LogP contribution in [0.3, 0.4) is 0 Å². The van der Waals surface area contributed by atoms with Crippen LogP contribution in [0.5, 0.6) is 0 Å². The molecule has 0 aliphatic carbocycles. The summed E-state index contributed by atoms with van der Waals surface area (Å²) in [6.45, 7) is 2.63. The topological polar surface area (TPSA) is 89.4 Å². The molecule has 1 N–H and O–H groups in total. The normalized spacial score (nSPS) is 9.17. The van der Waals surface area contributed by atoms with Crippen LogP contribution in [0.1, 0.15) is 71.1 Å². The predicted molar refractivity (Wildman–Crippen MR) is 64.7 cm³/mol. The van der Waals surface area contributed by atoms with Gasteiger partial charge in [-0.05, 0) is 6.42 Å². The van der Waals surface area contributed by atoms with Gasteiger partial charge in [0.15, 0.2) is 0 Å². The van der Waals surface area contributed by atoms with E-state index in [1.807, 2.05) is 0 Å². The van der Waals surface area contributed by atoms with Crippen molar-refractivity contribution in [1.29, 1.82) is 0 Å². The molecule has 0 saturated carbocycles. The van der Waals surface area contributed by atoms with Crippen LogP contribution in [-0.2, 0) is 0 Å². The number of rotatable bonds is 10. The zero-order valence-electron chi connectivity index (χ0n) is 11.6.